The number of hydrogen-bond donors (Lipinski definition) is 1. The summed E-state index contributed by atoms with van der Waals surface area (Å²) < 4.78 is 35.9. The minimum atomic E-state index is -3.60. The lowest BCUT2D eigenvalue weighted by Crippen LogP contribution is -2.48. The predicted octanol–water partition coefficient (Wildman–Crippen LogP) is 1.95. The largest absolute Gasteiger partial charge is 0.476 e. The van der Waals surface area contributed by atoms with Gasteiger partial charge >= 0.3 is 5.97 Å². The van der Waals surface area contributed by atoms with E-state index in [1.54, 1.807) is 49.4 Å². The van der Waals surface area contributed by atoms with Crippen LogP contribution in [0.5, 0.6) is 5.75 Å². The molecule has 0 saturated heterocycles. The average Bonchev–Trinajstić information content (AvgIpc) is 2.67. The third kappa shape index (κ3) is 3.79. The summed E-state index contributed by atoms with van der Waals surface area (Å²) in [7, 11) is -2.32. The van der Waals surface area contributed by atoms with Crippen molar-refractivity contribution in [3.63, 3.8) is 0 Å². The van der Waals surface area contributed by atoms with Gasteiger partial charge in [-0.2, -0.15) is 0 Å². The molecular formula is C19H20N2O6S. The Morgan fingerprint density at radius 3 is 2.57 bits per heavy atom. The van der Waals surface area contributed by atoms with Crippen LogP contribution in [0, 0.1) is 6.92 Å². The van der Waals surface area contributed by atoms with Crippen molar-refractivity contribution in [3.8, 4) is 5.75 Å². The van der Waals surface area contributed by atoms with Crippen molar-refractivity contribution in [2.45, 2.75) is 13.0 Å². The normalized spacial score (nSPS) is 16.0. The third-order valence-electron chi connectivity index (χ3n) is 4.42. The van der Waals surface area contributed by atoms with Crippen molar-refractivity contribution in [1.29, 1.82) is 0 Å². The minimum Gasteiger partial charge on any atom is -0.476 e. The fraction of sp³-hybridized carbons (Fsp3) is 0.263. The van der Waals surface area contributed by atoms with Crippen molar-refractivity contribution in [1.82, 2.24) is 0 Å². The predicted molar refractivity (Wildman–Crippen MR) is 104 cm³/mol. The number of ether oxygens (including phenoxy) is 2. The van der Waals surface area contributed by atoms with Gasteiger partial charge in [-0.05, 0) is 36.8 Å². The molecule has 1 N–H and O–H groups in total. The molecule has 0 spiro atoms. The number of carbonyl (C=O) groups excluding carboxylic acids is 2. The Bertz CT molecular complexity index is 1030. The molecule has 1 amide bonds. The van der Waals surface area contributed by atoms with Crippen LogP contribution in [-0.2, 0) is 19.6 Å². The number of sulfonamides is 1. The Labute approximate surface area is 163 Å². The number of benzene rings is 2. The molecule has 0 bridgehead atoms. The number of rotatable bonds is 4. The van der Waals surface area contributed by atoms with Crippen LogP contribution in [0.3, 0.4) is 0 Å². The van der Waals surface area contributed by atoms with Gasteiger partial charge in [-0.3, -0.25) is 9.10 Å². The zero-order valence-corrected chi connectivity index (χ0v) is 16.4. The number of hydrogen-bond acceptors (Lipinski definition) is 6. The van der Waals surface area contributed by atoms with Crippen molar-refractivity contribution in [3.05, 3.63) is 53.6 Å². The third-order valence-corrected chi connectivity index (χ3v) is 5.57. The first-order valence-corrected chi connectivity index (χ1v) is 10.3. The smallest absolute Gasteiger partial charge is 0.338 e. The molecule has 8 nitrogen and oxygen atoms in total. The van der Waals surface area contributed by atoms with Crippen molar-refractivity contribution in [2.75, 3.05) is 29.5 Å². The number of fused-ring (bicyclic) bond motifs is 1. The molecule has 0 unspecified atom stereocenters. The van der Waals surface area contributed by atoms with Gasteiger partial charge in [0.15, 0.2) is 6.10 Å². The molecule has 148 valence electrons. The Balaban J connectivity index is 1.87. The summed E-state index contributed by atoms with van der Waals surface area (Å²) in [4.78, 5) is 24.6. The van der Waals surface area contributed by atoms with Crippen LogP contribution >= 0.6 is 0 Å². The van der Waals surface area contributed by atoms with Gasteiger partial charge in [-0.25, -0.2) is 13.2 Å². The standard InChI is InChI=1S/C19H20N2O6S/c1-12-13(19(23)26-2)7-6-8-14(12)20-18(22)17-11-21(28(3,24)25)15-9-4-5-10-16(15)27-17/h4-10,17H,11H2,1-3H3,(H,20,22)/t17-/m1/s1. The second-order valence-corrected chi connectivity index (χ2v) is 8.23. The van der Waals surface area contributed by atoms with Crippen molar-refractivity contribution in [2.24, 2.45) is 0 Å². The molecular weight excluding hydrogens is 384 g/mol. The van der Waals surface area contributed by atoms with Gasteiger partial charge in [0.25, 0.3) is 5.91 Å². The molecule has 2 aromatic rings. The van der Waals surface area contributed by atoms with Crippen molar-refractivity contribution < 1.29 is 27.5 Å². The molecule has 2 aromatic carbocycles. The monoisotopic (exact) mass is 404 g/mol. The van der Waals surface area contributed by atoms with E-state index in [-0.39, 0.29) is 6.54 Å². The highest BCUT2D eigenvalue weighted by Crippen LogP contribution is 2.35. The number of para-hydroxylation sites is 2. The van der Waals surface area contributed by atoms with Crippen LogP contribution in [0.4, 0.5) is 11.4 Å². The zero-order valence-electron chi connectivity index (χ0n) is 15.6. The Kier molecular flexibility index (Phi) is 5.28. The maximum Gasteiger partial charge on any atom is 0.338 e. The molecule has 1 aliphatic heterocycles. The number of anilines is 2. The summed E-state index contributed by atoms with van der Waals surface area (Å²) in [6.45, 7) is 1.53. The highest BCUT2D eigenvalue weighted by Gasteiger charge is 2.35. The topological polar surface area (TPSA) is 102 Å². The van der Waals surface area contributed by atoms with E-state index in [9.17, 15) is 18.0 Å². The highest BCUT2D eigenvalue weighted by atomic mass is 32.2. The van der Waals surface area contributed by atoms with E-state index in [2.05, 4.69) is 5.32 Å². The Morgan fingerprint density at radius 2 is 1.89 bits per heavy atom. The van der Waals surface area contributed by atoms with Crippen LogP contribution in [0.1, 0.15) is 15.9 Å². The van der Waals surface area contributed by atoms with E-state index in [0.717, 1.165) is 10.6 Å². The van der Waals surface area contributed by atoms with Gasteiger partial charge in [0, 0.05) is 5.69 Å². The number of esters is 1. The van der Waals surface area contributed by atoms with E-state index < -0.39 is 28.0 Å². The van der Waals surface area contributed by atoms with E-state index in [0.29, 0.717) is 28.3 Å². The molecule has 0 aliphatic carbocycles. The second-order valence-electron chi connectivity index (χ2n) is 6.33. The van der Waals surface area contributed by atoms with Gasteiger partial charge < -0.3 is 14.8 Å². The number of carbonyl (C=O) groups is 2. The van der Waals surface area contributed by atoms with Crippen molar-refractivity contribution >= 4 is 33.3 Å². The summed E-state index contributed by atoms with van der Waals surface area (Å²) in [6.07, 6.45) is 0.0272. The van der Waals surface area contributed by atoms with E-state index in [1.165, 1.54) is 7.11 Å². The lowest BCUT2D eigenvalue weighted by atomic mass is 10.1. The van der Waals surface area contributed by atoms with Crippen LogP contribution in [0.25, 0.3) is 0 Å². The van der Waals surface area contributed by atoms with Crippen LogP contribution in [0.2, 0.25) is 0 Å². The molecule has 28 heavy (non-hydrogen) atoms. The molecule has 1 atom stereocenters. The van der Waals surface area contributed by atoms with E-state index >= 15 is 0 Å². The molecule has 1 aliphatic rings. The van der Waals surface area contributed by atoms with Crippen LogP contribution in [0.15, 0.2) is 42.5 Å². The first-order chi connectivity index (χ1) is 13.2. The summed E-state index contributed by atoms with van der Waals surface area (Å²) in [5.74, 6) is -0.729. The number of amides is 1. The molecule has 0 radical (unpaired) electrons. The summed E-state index contributed by atoms with van der Waals surface area (Å²) in [5.41, 5.74) is 1.67. The lowest BCUT2D eigenvalue weighted by molar-refractivity contribution is -0.122. The summed E-state index contributed by atoms with van der Waals surface area (Å²) in [6, 6.07) is 11.5. The van der Waals surface area contributed by atoms with Gasteiger partial charge in [0.1, 0.15) is 5.75 Å². The second kappa shape index (κ2) is 7.51. The number of nitrogens with one attached hydrogen (secondary N) is 1. The summed E-state index contributed by atoms with van der Waals surface area (Å²) in [5, 5.41) is 2.71. The quantitative estimate of drug-likeness (QED) is 0.782. The number of nitrogens with zero attached hydrogens (tertiary/aromatic N) is 1. The Hall–Kier alpha value is -3.07. The number of methoxy groups -OCH3 is 1. The Morgan fingerprint density at radius 1 is 1.18 bits per heavy atom. The average molecular weight is 404 g/mol. The lowest BCUT2D eigenvalue weighted by Gasteiger charge is -2.33. The van der Waals surface area contributed by atoms with Gasteiger partial charge in [-0.15, -0.1) is 0 Å². The molecule has 0 aromatic heterocycles. The van der Waals surface area contributed by atoms with E-state index in [4.69, 9.17) is 9.47 Å². The summed E-state index contributed by atoms with van der Waals surface area (Å²) >= 11 is 0. The van der Waals surface area contributed by atoms with Crippen LogP contribution in [-0.4, -0.2) is 46.3 Å². The highest BCUT2D eigenvalue weighted by molar-refractivity contribution is 7.92. The first kappa shape index (κ1) is 19.7. The van der Waals surface area contributed by atoms with Gasteiger partial charge in [0.2, 0.25) is 10.0 Å². The molecule has 3 rings (SSSR count). The fourth-order valence-corrected chi connectivity index (χ4v) is 3.88. The first-order valence-electron chi connectivity index (χ1n) is 8.44. The van der Waals surface area contributed by atoms with Crippen LogP contribution < -0.4 is 14.4 Å². The van der Waals surface area contributed by atoms with Gasteiger partial charge in [-0.1, -0.05) is 18.2 Å². The molecule has 0 fully saturated rings. The molecule has 9 heteroatoms. The fourth-order valence-electron chi connectivity index (χ4n) is 2.97. The SMILES string of the molecule is COC(=O)c1cccc(NC(=O)[C@H]2CN(S(C)(=O)=O)c3ccccc3O2)c1C. The maximum absolute atomic E-state index is 12.8. The van der Waals surface area contributed by atoms with E-state index in [1.807, 2.05) is 0 Å². The molecule has 0 saturated carbocycles. The zero-order chi connectivity index (χ0) is 20.5. The maximum atomic E-state index is 12.8. The molecule has 1 heterocycles. The van der Waals surface area contributed by atoms with Gasteiger partial charge in [0.05, 0.1) is 31.2 Å². The minimum absolute atomic E-state index is 0.155.